The minimum absolute atomic E-state index is 0.557. The summed E-state index contributed by atoms with van der Waals surface area (Å²) < 4.78 is 5.79. The summed E-state index contributed by atoms with van der Waals surface area (Å²) in [5, 5.41) is 8.12. The van der Waals surface area contributed by atoms with Gasteiger partial charge in [0.2, 0.25) is 0 Å². The quantitative estimate of drug-likeness (QED) is 0.351. The Morgan fingerprint density at radius 3 is 2.64 bits per heavy atom. The summed E-state index contributed by atoms with van der Waals surface area (Å²) in [6.07, 6.45) is 5.96. The molecule has 0 aliphatic carbocycles. The number of nitrogens with one attached hydrogen (secondary N) is 2. The van der Waals surface area contributed by atoms with E-state index in [0.29, 0.717) is 27.6 Å². The second kappa shape index (κ2) is 13.6. The van der Waals surface area contributed by atoms with Gasteiger partial charge in [0.1, 0.15) is 0 Å². The summed E-state index contributed by atoms with van der Waals surface area (Å²) in [5.41, 5.74) is 1.04. The molecule has 1 aromatic rings. The third-order valence-electron chi connectivity index (χ3n) is 4.08. The number of rotatable bonds is 12. The van der Waals surface area contributed by atoms with Gasteiger partial charge in [0.05, 0.1) is 10.0 Å². The Hall–Kier alpha value is -0.550. The van der Waals surface area contributed by atoms with Crippen molar-refractivity contribution in [1.29, 1.82) is 0 Å². The first-order valence-corrected chi connectivity index (χ1v) is 10.3. The Morgan fingerprint density at radius 2 is 1.96 bits per heavy atom. The van der Waals surface area contributed by atoms with Crippen LogP contribution in [-0.4, -0.2) is 24.9 Å². The van der Waals surface area contributed by atoms with Crippen LogP contribution in [0.15, 0.2) is 18.2 Å². The summed E-state index contributed by atoms with van der Waals surface area (Å²) in [6, 6.07) is 5.56. The number of thiocarbonyl (C=S) groups is 1. The fourth-order valence-corrected chi connectivity index (χ4v) is 2.91. The van der Waals surface area contributed by atoms with Gasteiger partial charge in [-0.25, -0.2) is 0 Å². The van der Waals surface area contributed by atoms with Crippen LogP contribution >= 0.6 is 35.4 Å². The smallest absolute Gasteiger partial charge is 0.166 e. The zero-order chi connectivity index (χ0) is 18.5. The molecule has 0 saturated carbocycles. The van der Waals surface area contributed by atoms with Crippen LogP contribution in [0.3, 0.4) is 0 Å². The largest absolute Gasteiger partial charge is 0.381 e. The Bertz CT molecular complexity index is 514. The van der Waals surface area contributed by atoms with Crippen LogP contribution in [0.2, 0.25) is 10.0 Å². The molecule has 0 radical (unpaired) electrons. The number of hydrogen-bond donors (Lipinski definition) is 2. The van der Waals surface area contributed by atoms with E-state index in [0.717, 1.165) is 31.7 Å². The molecule has 0 bridgehead atoms. The number of unbranched alkanes of at least 4 members (excludes halogenated alkanes) is 1. The Kier molecular flexibility index (Phi) is 12.3. The highest BCUT2D eigenvalue weighted by molar-refractivity contribution is 7.80. The van der Waals surface area contributed by atoms with E-state index in [9.17, 15) is 0 Å². The maximum atomic E-state index is 6.00. The van der Waals surface area contributed by atoms with Crippen molar-refractivity contribution in [2.24, 2.45) is 5.92 Å². The molecule has 1 atom stereocenters. The van der Waals surface area contributed by atoms with Crippen LogP contribution in [-0.2, 0) is 11.3 Å². The van der Waals surface area contributed by atoms with Crippen LogP contribution in [0.1, 0.15) is 51.5 Å². The van der Waals surface area contributed by atoms with Gasteiger partial charge in [-0.2, -0.15) is 0 Å². The van der Waals surface area contributed by atoms with Crippen molar-refractivity contribution in [3.05, 3.63) is 33.8 Å². The molecule has 0 heterocycles. The fourth-order valence-electron chi connectivity index (χ4n) is 2.42. The number of halogens is 2. The van der Waals surface area contributed by atoms with Gasteiger partial charge in [-0.05, 0) is 48.7 Å². The van der Waals surface area contributed by atoms with Crippen LogP contribution in [0.4, 0.5) is 0 Å². The van der Waals surface area contributed by atoms with Gasteiger partial charge in [0.25, 0.3) is 0 Å². The zero-order valence-electron chi connectivity index (χ0n) is 15.2. The van der Waals surface area contributed by atoms with E-state index in [1.807, 2.05) is 12.1 Å². The zero-order valence-corrected chi connectivity index (χ0v) is 17.6. The Morgan fingerprint density at radius 1 is 1.16 bits per heavy atom. The van der Waals surface area contributed by atoms with Crippen molar-refractivity contribution >= 4 is 40.5 Å². The summed E-state index contributed by atoms with van der Waals surface area (Å²) in [7, 11) is 0. The first-order valence-electron chi connectivity index (χ1n) is 9.10. The molecule has 142 valence electrons. The minimum Gasteiger partial charge on any atom is -0.381 e. The minimum atomic E-state index is 0.557. The van der Waals surface area contributed by atoms with Gasteiger partial charge in [-0.15, -0.1) is 0 Å². The van der Waals surface area contributed by atoms with Gasteiger partial charge in [-0.3, -0.25) is 0 Å². The summed E-state index contributed by atoms with van der Waals surface area (Å²) in [5.74, 6) is 0.696. The molecule has 0 amide bonds. The third-order valence-corrected chi connectivity index (χ3v) is 5.11. The highest BCUT2D eigenvalue weighted by Crippen LogP contribution is 2.22. The van der Waals surface area contributed by atoms with Crippen LogP contribution < -0.4 is 10.6 Å². The fraction of sp³-hybridized carbons (Fsp3) is 0.632. The topological polar surface area (TPSA) is 33.3 Å². The lowest BCUT2D eigenvalue weighted by atomic mass is 10.0. The highest BCUT2D eigenvalue weighted by atomic mass is 35.5. The SMILES string of the molecule is CCCCC(CC)COCCCNC(=S)NCc1ccc(Cl)c(Cl)c1. The number of hydrogen-bond acceptors (Lipinski definition) is 2. The van der Waals surface area contributed by atoms with E-state index in [1.165, 1.54) is 25.7 Å². The normalized spacial score (nSPS) is 12.0. The maximum absolute atomic E-state index is 6.00. The van der Waals surface area contributed by atoms with Crippen molar-refractivity contribution in [1.82, 2.24) is 10.6 Å². The summed E-state index contributed by atoms with van der Waals surface area (Å²) in [4.78, 5) is 0. The van der Waals surface area contributed by atoms with Crippen molar-refractivity contribution in [3.63, 3.8) is 0 Å². The molecular formula is C19H30Cl2N2OS. The lowest BCUT2D eigenvalue weighted by Crippen LogP contribution is -2.35. The standard InChI is InChI=1S/C19H30Cl2N2OS/c1-3-5-7-15(4-2)14-24-11-6-10-22-19(25)23-13-16-8-9-17(20)18(21)12-16/h8-9,12,15H,3-7,10-11,13-14H2,1-2H3,(H2,22,23,25). The molecule has 2 N–H and O–H groups in total. The molecule has 0 saturated heterocycles. The van der Waals surface area contributed by atoms with Crippen molar-refractivity contribution in [2.75, 3.05) is 19.8 Å². The second-order valence-corrected chi connectivity index (χ2v) is 7.43. The average Bonchev–Trinajstić information content (AvgIpc) is 2.61. The summed E-state index contributed by atoms with van der Waals surface area (Å²) >= 11 is 17.2. The van der Waals surface area contributed by atoms with E-state index in [1.54, 1.807) is 6.07 Å². The van der Waals surface area contributed by atoms with Gasteiger partial charge < -0.3 is 15.4 Å². The van der Waals surface area contributed by atoms with E-state index >= 15 is 0 Å². The monoisotopic (exact) mass is 404 g/mol. The molecular weight excluding hydrogens is 375 g/mol. The van der Waals surface area contributed by atoms with E-state index in [-0.39, 0.29) is 0 Å². The average molecular weight is 405 g/mol. The van der Waals surface area contributed by atoms with Crippen LogP contribution in [0, 0.1) is 5.92 Å². The van der Waals surface area contributed by atoms with Gasteiger partial charge in [-0.1, -0.05) is 62.4 Å². The molecule has 0 fully saturated rings. The molecule has 0 aliphatic rings. The van der Waals surface area contributed by atoms with Gasteiger partial charge >= 0.3 is 0 Å². The van der Waals surface area contributed by atoms with Crippen LogP contribution in [0.5, 0.6) is 0 Å². The third kappa shape index (κ3) is 10.2. The Balaban J connectivity index is 2.07. The van der Waals surface area contributed by atoms with Gasteiger partial charge in [0.15, 0.2) is 5.11 Å². The molecule has 3 nitrogen and oxygen atoms in total. The second-order valence-electron chi connectivity index (χ2n) is 6.20. The molecule has 1 aromatic carbocycles. The molecule has 25 heavy (non-hydrogen) atoms. The predicted molar refractivity (Wildman–Crippen MR) is 113 cm³/mol. The lowest BCUT2D eigenvalue weighted by molar-refractivity contribution is 0.0927. The van der Waals surface area contributed by atoms with Crippen molar-refractivity contribution in [2.45, 2.75) is 52.5 Å². The van der Waals surface area contributed by atoms with Gasteiger partial charge in [0, 0.05) is 26.3 Å². The lowest BCUT2D eigenvalue weighted by Gasteiger charge is -2.15. The molecule has 1 rings (SSSR count). The van der Waals surface area contributed by atoms with Crippen molar-refractivity contribution in [3.8, 4) is 0 Å². The first-order chi connectivity index (χ1) is 12.1. The first kappa shape index (κ1) is 22.5. The molecule has 0 aromatic heterocycles. The predicted octanol–water partition coefficient (Wildman–Crippen LogP) is 5.58. The van der Waals surface area contributed by atoms with Crippen LogP contribution in [0.25, 0.3) is 0 Å². The summed E-state index contributed by atoms with van der Waals surface area (Å²) in [6.45, 7) is 7.54. The number of benzene rings is 1. The molecule has 1 unspecified atom stereocenters. The van der Waals surface area contributed by atoms with Crippen molar-refractivity contribution < 1.29 is 4.74 Å². The molecule has 0 aliphatic heterocycles. The Labute approximate surface area is 167 Å². The van der Waals surface area contributed by atoms with E-state index in [4.69, 9.17) is 40.2 Å². The maximum Gasteiger partial charge on any atom is 0.166 e. The van der Waals surface area contributed by atoms with E-state index < -0.39 is 0 Å². The highest BCUT2D eigenvalue weighted by Gasteiger charge is 2.05. The van der Waals surface area contributed by atoms with E-state index in [2.05, 4.69) is 24.5 Å². The molecule has 0 spiro atoms. The number of ether oxygens (including phenoxy) is 1. The molecule has 6 heteroatoms.